The third-order valence-electron chi connectivity index (χ3n) is 4.34. The van der Waals surface area contributed by atoms with Crippen LogP contribution in [0.5, 0.6) is 0 Å². The second-order valence-corrected chi connectivity index (χ2v) is 6.72. The number of halogens is 1. The Kier molecular flexibility index (Phi) is 4.41. The van der Waals surface area contributed by atoms with Crippen molar-refractivity contribution in [3.8, 4) is 0 Å². The van der Waals surface area contributed by atoms with Crippen LogP contribution < -0.4 is 10.9 Å². The van der Waals surface area contributed by atoms with Gasteiger partial charge in [-0.25, -0.2) is 9.37 Å². The molecule has 0 spiro atoms. The van der Waals surface area contributed by atoms with Crippen molar-refractivity contribution in [3.05, 3.63) is 34.1 Å². The molecule has 1 heterocycles. The van der Waals surface area contributed by atoms with E-state index in [0.29, 0.717) is 17.9 Å². The molecule has 1 aliphatic rings. The lowest BCUT2D eigenvalue weighted by Gasteiger charge is -2.24. The molecule has 3 rings (SSSR count). The molecule has 0 aliphatic heterocycles. The quantitative estimate of drug-likeness (QED) is 0.865. The molecule has 1 aliphatic carbocycles. The lowest BCUT2D eigenvalue weighted by atomic mass is 9.92. The Morgan fingerprint density at radius 2 is 2.00 bits per heavy atom. The number of anilines is 1. The summed E-state index contributed by atoms with van der Waals surface area (Å²) in [6, 6.07) is 1.77. The minimum absolute atomic E-state index is 0.00640. The Labute approximate surface area is 144 Å². The highest BCUT2D eigenvalue weighted by Crippen LogP contribution is 2.26. The fourth-order valence-corrected chi connectivity index (χ4v) is 3.33. The molecular weight excluding hydrogens is 325 g/mol. The van der Waals surface area contributed by atoms with Gasteiger partial charge in [0.2, 0.25) is 0 Å². The minimum atomic E-state index is -0.695. The summed E-state index contributed by atoms with van der Waals surface area (Å²) >= 11 is 0. The maximum absolute atomic E-state index is 13.9. The molecule has 1 fully saturated rings. The average Bonchev–Trinajstić information content (AvgIpc) is 2.47. The number of carbonyl (C=O) groups is 2. The number of hydrogen-bond donors (Lipinski definition) is 1. The van der Waals surface area contributed by atoms with Gasteiger partial charge >= 0.3 is 0 Å². The SMILES string of the molecule is Cc1nc2cc(F)cc(NC(C)C)c2c(=O)n1[C@H]1CCC(=O)CC1=O. The van der Waals surface area contributed by atoms with Gasteiger partial charge in [-0.2, -0.15) is 0 Å². The largest absolute Gasteiger partial charge is 0.382 e. The van der Waals surface area contributed by atoms with Crippen LogP contribution >= 0.6 is 0 Å². The van der Waals surface area contributed by atoms with E-state index in [1.807, 2.05) is 13.8 Å². The second-order valence-electron chi connectivity index (χ2n) is 6.72. The maximum atomic E-state index is 13.9. The first kappa shape index (κ1) is 17.3. The van der Waals surface area contributed by atoms with Crippen molar-refractivity contribution in [1.82, 2.24) is 9.55 Å². The Morgan fingerprint density at radius 1 is 1.28 bits per heavy atom. The summed E-state index contributed by atoms with van der Waals surface area (Å²) in [6.07, 6.45) is 0.398. The third-order valence-corrected chi connectivity index (χ3v) is 4.34. The lowest BCUT2D eigenvalue weighted by Crippen LogP contribution is -2.36. The van der Waals surface area contributed by atoms with Gasteiger partial charge in [0.15, 0.2) is 5.78 Å². The van der Waals surface area contributed by atoms with Crippen LogP contribution in [0.2, 0.25) is 0 Å². The van der Waals surface area contributed by atoms with E-state index in [0.717, 1.165) is 0 Å². The van der Waals surface area contributed by atoms with Gasteiger partial charge in [-0.05, 0) is 33.3 Å². The summed E-state index contributed by atoms with van der Waals surface area (Å²) < 4.78 is 15.2. The van der Waals surface area contributed by atoms with E-state index in [4.69, 9.17) is 0 Å². The van der Waals surface area contributed by atoms with Crippen molar-refractivity contribution in [2.75, 3.05) is 5.32 Å². The molecule has 1 N–H and O–H groups in total. The van der Waals surface area contributed by atoms with Crippen LogP contribution in [-0.4, -0.2) is 27.2 Å². The van der Waals surface area contributed by atoms with Crippen molar-refractivity contribution >= 4 is 28.2 Å². The van der Waals surface area contributed by atoms with Crippen molar-refractivity contribution in [2.45, 2.75) is 52.1 Å². The molecule has 0 saturated heterocycles. The third kappa shape index (κ3) is 3.18. The highest BCUT2D eigenvalue weighted by molar-refractivity contribution is 6.03. The number of Topliss-reactive ketones (excluding diaryl/α,β-unsaturated/α-hetero) is 2. The van der Waals surface area contributed by atoms with Gasteiger partial charge in [-0.15, -0.1) is 0 Å². The van der Waals surface area contributed by atoms with E-state index in [-0.39, 0.29) is 41.4 Å². The smallest absolute Gasteiger partial charge is 0.264 e. The zero-order chi connectivity index (χ0) is 18.3. The van der Waals surface area contributed by atoms with E-state index in [1.54, 1.807) is 6.92 Å². The molecule has 6 nitrogen and oxygen atoms in total. The molecule has 0 bridgehead atoms. The number of rotatable bonds is 3. The molecule has 132 valence electrons. The summed E-state index contributed by atoms with van der Waals surface area (Å²) in [5, 5.41) is 3.32. The Bertz CT molecular complexity index is 933. The normalized spacial score (nSPS) is 18.2. The number of fused-ring (bicyclic) bond motifs is 1. The van der Waals surface area contributed by atoms with E-state index in [2.05, 4.69) is 10.3 Å². The molecule has 0 unspecified atom stereocenters. The summed E-state index contributed by atoms with van der Waals surface area (Å²) in [4.78, 5) is 41.2. The minimum Gasteiger partial charge on any atom is -0.382 e. The maximum Gasteiger partial charge on any atom is 0.264 e. The van der Waals surface area contributed by atoms with Crippen LogP contribution in [-0.2, 0) is 9.59 Å². The van der Waals surface area contributed by atoms with E-state index >= 15 is 0 Å². The molecule has 1 aromatic carbocycles. The fourth-order valence-electron chi connectivity index (χ4n) is 3.33. The van der Waals surface area contributed by atoms with Gasteiger partial charge in [-0.1, -0.05) is 0 Å². The number of hydrogen-bond acceptors (Lipinski definition) is 5. The molecule has 0 amide bonds. The van der Waals surface area contributed by atoms with Crippen molar-refractivity contribution < 1.29 is 14.0 Å². The standard InChI is InChI=1S/C18H20FN3O3/c1-9(2)20-13-6-11(19)7-14-17(13)18(25)22(10(3)21-14)15-5-4-12(23)8-16(15)24/h6-7,9,15,20H,4-5,8H2,1-3H3/t15-/m0/s1. The number of aryl methyl sites for hydroxylation is 1. The first-order valence-electron chi connectivity index (χ1n) is 8.31. The summed E-state index contributed by atoms with van der Waals surface area (Å²) in [5.41, 5.74) is 0.218. The zero-order valence-electron chi connectivity index (χ0n) is 14.4. The van der Waals surface area contributed by atoms with Crippen LogP contribution in [0.25, 0.3) is 10.9 Å². The Balaban J connectivity index is 2.24. The number of carbonyl (C=O) groups excluding carboxylic acids is 2. The van der Waals surface area contributed by atoms with Crippen molar-refractivity contribution in [1.29, 1.82) is 0 Å². The highest BCUT2D eigenvalue weighted by Gasteiger charge is 2.31. The predicted octanol–water partition coefficient (Wildman–Crippen LogP) is 2.53. The first-order chi connectivity index (χ1) is 11.8. The van der Waals surface area contributed by atoms with Crippen LogP contribution in [0.4, 0.5) is 10.1 Å². The zero-order valence-corrected chi connectivity index (χ0v) is 14.4. The topological polar surface area (TPSA) is 81.1 Å². The van der Waals surface area contributed by atoms with Crippen LogP contribution in [0.1, 0.15) is 45.0 Å². The van der Waals surface area contributed by atoms with Gasteiger partial charge in [0.05, 0.1) is 29.1 Å². The molecule has 0 radical (unpaired) electrons. The number of aromatic nitrogens is 2. The van der Waals surface area contributed by atoms with Gasteiger partial charge < -0.3 is 5.32 Å². The van der Waals surface area contributed by atoms with Gasteiger partial charge in [0, 0.05) is 18.5 Å². The average molecular weight is 345 g/mol. The van der Waals surface area contributed by atoms with Gasteiger partial charge in [0.1, 0.15) is 17.4 Å². The van der Waals surface area contributed by atoms with Crippen LogP contribution in [0, 0.1) is 12.7 Å². The van der Waals surface area contributed by atoms with Gasteiger partial charge in [-0.3, -0.25) is 19.0 Å². The molecule has 1 atom stereocenters. The number of nitrogens with one attached hydrogen (secondary N) is 1. The summed E-state index contributed by atoms with van der Waals surface area (Å²) in [6.45, 7) is 5.38. The summed E-state index contributed by atoms with van der Waals surface area (Å²) in [5.74, 6) is -0.529. The molecule has 1 saturated carbocycles. The second kappa shape index (κ2) is 6.38. The van der Waals surface area contributed by atoms with Crippen molar-refractivity contribution in [3.63, 3.8) is 0 Å². The number of ketones is 2. The van der Waals surface area contributed by atoms with E-state index in [9.17, 15) is 18.8 Å². The summed E-state index contributed by atoms with van der Waals surface area (Å²) in [7, 11) is 0. The van der Waals surface area contributed by atoms with Crippen LogP contribution in [0.3, 0.4) is 0 Å². The first-order valence-corrected chi connectivity index (χ1v) is 8.31. The monoisotopic (exact) mass is 345 g/mol. The molecular formula is C18H20FN3O3. The van der Waals surface area contributed by atoms with E-state index < -0.39 is 17.4 Å². The number of nitrogens with zero attached hydrogens (tertiary/aromatic N) is 2. The Hall–Kier alpha value is -2.57. The van der Waals surface area contributed by atoms with Crippen LogP contribution in [0.15, 0.2) is 16.9 Å². The fraction of sp³-hybridized carbons (Fsp3) is 0.444. The predicted molar refractivity (Wildman–Crippen MR) is 92.4 cm³/mol. The molecule has 1 aromatic heterocycles. The number of benzene rings is 1. The lowest BCUT2D eigenvalue weighted by molar-refractivity contribution is -0.132. The van der Waals surface area contributed by atoms with Crippen molar-refractivity contribution in [2.24, 2.45) is 0 Å². The van der Waals surface area contributed by atoms with E-state index in [1.165, 1.54) is 16.7 Å². The molecule has 25 heavy (non-hydrogen) atoms. The Morgan fingerprint density at radius 3 is 2.64 bits per heavy atom. The molecule has 2 aromatic rings. The van der Waals surface area contributed by atoms with Gasteiger partial charge in [0.25, 0.3) is 5.56 Å². The molecule has 7 heteroatoms. The highest BCUT2D eigenvalue weighted by atomic mass is 19.1.